The molecule has 2 aliphatic heterocycles. The molecule has 0 saturated carbocycles. The summed E-state index contributed by atoms with van der Waals surface area (Å²) in [7, 11) is -2.12. The van der Waals surface area contributed by atoms with Gasteiger partial charge in [0.25, 0.3) is 0 Å². The number of hydrogen-bond donors (Lipinski definition) is 1. The Bertz CT molecular complexity index is 1060. The summed E-state index contributed by atoms with van der Waals surface area (Å²) in [6, 6.07) is 15.4. The van der Waals surface area contributed by atoms with Gasteiger partial charge in [-0.3, -0.25) is 9.59 Å². The van der Waals surface area contributed by atoms with Crippen molar-refractivity contribution in [1.82, 2.24) is 9.62 Å². The number of piperidine rings is 1. The first-order valence-electron chi connectivity index (χ1n) is 10.7. The van der Waals surface area contributed by atoms with Crippen LogP contribution in [0.2, 0.25) is 0 Å². The Morgan fingerprint density at radius 2 is 1.69 bits per heavy atom. The molecule has 0 spiro atoms. The summed E-state index contributed by atoms with van der Waals surface area (Å²) in [6.45, 7) is 1.31. The van der Waals surface area contributed by atoms with Crippen LogP contribution in [0.3, 0.4) is 0 Å². The van der Waals surface area contributed by atoms with Gasteiger partial charge in [0, 0.05) is 37.8 Å². The quantitative estimate of drug-likeness (QED) is 0.716. The maximum atomic E-state index is 13.0. The van der Waals surface area contributed by atoms with Crippen LogP contribution in [-0.4, -0.2) is 57.9 Å². The Labute approximate surface area is 188 Å². The molecule has 2 saturated heterocycles. The lowest BCUT2D eigenvalue weighted by Crippen LogP contribution is -2.48. The number of carbonyl (C=O) groups excluding carboxylic acids is 2. The molecule has 1 N–H and O–H groups in total. The molecule has 1 atom stereocenters. The van der Waals surface area contributed by atoms with Crippen molar-refractivity contribution >= 4 is 27.5 Å². The number of nitrogens with zero attached hydrogens (tertiary/aromatic N) is 2. The van der Waals surface area contributed by atoms with Crippen LogP contribution in [0.15, 0.2) is 59.5 Å². The van der Waals surface area contributed by atoms with Crippen LogP contribution in [0.4, 0.5) is 5.69 Å². The molecule has 4 rings (SSSR count). The maximum Gasteiger partial charge on any atom is 0.240 e. The van der Waals surface area contributed by atoms with Gasteiger partial charge >= 0.3 is 0 Å². The Balaban J connectivity index is 1.31. The number of amides is 2. The van der Waals surface area contributed by atoms with Gasteiger partial charge in [0.2, 0.25) is 21.8 Å². The van der Waals surface area contributed by atoms with Crippen molar-refractivity contribution < 1.29 is 22.7 Å². The molecular formula is C23H27N3O5S. The van der Waals surface area contributed by atoms with Crippen LogP contribution < -0.4 is 14.4 Å². The van der Waals surface area contributed by atoms with Crippen molar-refractivity contribution in [2.75, 3.05) is 31.6 Å². The number of ether oxygens (including phenoxy) is 1. The number of benzene rings is 2. The third kappa shape index (κ3) is 4.78. The number of para-hydroxylation sites is 1. The highest BCUT2D eigenvalue weighted by molar-refractivity contribution is 7.89. The predicted molar refractivity (Wildman–Crippen MR) is 120 cm³/mol. The normalized spacial score (nSPS) is 19.9. The Kier molecular flexibility index (Phi) is 6.48. The fourth-order valence-corrected chi connectivity index (χ4v) is 5.55. The molecule has 8 nitrogen and oxygen atoms in total. The summed E-state index contributed by atoms with van der Waals surface area (Å²) in [6.07, 6.45) is 1.27. The van der Waals surface area contributed by atoms with Crippen LogP contribution in [0.1, 0.15) is 19.3 Å². The molecule has 0 bridgehead atoms. The Morgan fingerprint density at radius 3 is 2.31 bits per heavy atom. The number of likely N-dealkylation sites (tertiary alicyclic amines) is 1. The van der Waals surface area contributed by atoms with E-state index < -0.39 is 10.0 Å². The molecule has 9 heteroatoms. The molecule has 0 radical (unpaired) electrons. The second-order valence-corrected chi connectivity index (χ2v) is 9.85. The smallest absolute Gasteiger partial charge is 0.240 e. The Hall–Kier alpha value is -2.91. The molecule has 2 heterocycles. The minimum atomic E-state index is -3.64. The molecule has 2 amide bonds. The van der Waals surface area contributed by atoms with E-state index in [1.807, 2.05) is 30.3 Å². The number of nitrogens with one attached hydrogen (secondary N) is 1. The monoisotopic (exact) mass is 457 g/mol. The number of methoxy groups -OCH3 is 1. The molecule has 2 fully saturated rings. The summed E-state index contributed by atoms with van der Waals surface area (Å²) in [5.74, 6) is 0.146. The van der Waals surface area contributed by atoms with Crippen molar-refractivity contribution in [2.45, 2.75) is 30.2 Å². The highest BCUT2D eigenvalue weighted by Crippen LogP contribution is 2.27. The summed E-state index contributed by atoms with van der Waals surface area (Å²) in [5, 5.41) is 0. The zero-order chi connectivity index (χ0) is 22.7. The first-order chi connectivity index (χ1) is 15.4. The summed E-state index contributed by atoms with van der Waals surface area (Å²) >= 11 is 0. The van der Waals surface area contributed by atoms with E-state index in [0.717, 1.165) is 5.69 Å². The average Bonchev–Trinajstić information content (AvgIpc) is 3.21. The van der Waals surface area contributed by atoms with E-state index in [1.54, 1.807) is 21.9 Å². The zero-order valence-corrected chi connectivity index (χ0v) is 18.8. The van der Waals surface area contributed by atoms with Crippen LogP contribution in [-0.2, 0) is 19.6 Å². The maximum absolute atomic E-state index is 13.0. The van der Waals surface area contributed by atoms with Gasteiger partial charge in [-0.2, -0.15) is 0 Å². The van der Waals surface area contributed by atoms with Gasteiger partial charge in [0.05, 0.1) is 17.9 Å². The average molecular weight is 458 g/mol. The lowest BCUT2D eigenvalue weighted by Gasteiger charge is -2.33. The van der Waals surface area contributed by atoms with E-state index in [0.29, 0.717) is 38.2 Å². The second-order valence-electron chi connectivity index (χ2n) is 8.14. The molecular weight excluding hydrogens is 430 g/mol. The van der Waals surface area contributed by atoms with Gasteiger partial charge in [-0.05, 0) is 49.2 Å². The number of anilines is 1. The lowest BCUT2D eigenvalue weighted by molar-refractivity contribution is -0.136. The molecule has 170 valence electrons. The van der Waals surface area contributed by atoms with Crippen LogP contribution in [0, 0.1) is 5.92 Å². The van der Waals surface area contributed by atoms with E-state index in [2.05, 4.69) is 4.72 Å². The highest BCUT2D eigenvalue weighted by atomic mass is 32.2. The summed E-state index contributed by atoms with van der Waals surface area (Å²) in [5.41, 5.74) is 0.805. The van der Waals surface area contributed by atoms with E-state index >= 15 is 0 Å². The van der Waals surface area contributed by atoms with Crippen molar-refractivity contribution in [3.8, 4) is 5.75 Å². The topological polar surface area (TPSA) is 96.0 Å². The molecule has 0 unspecified atom stereocenters. The van der Waals surface area contributed by atoms with Gasteiger partial charge in [-0.25, -0.2) is 13.1 Å². The largest absolute Gasteiger partial charge is 0.497 e. The predicted octanol–water partition coefficient (Wildman–Crippen LogP) is 2.02. The van der Waals surface area contributed by atoms with Crippen molar-refractivity contribution in [2.24, 2.45) is 5.92 Å². The lowest BCUT2D eigenvalue weighted by atomic mass is 10.0. The third-order valence-corrected chi connectivity index (χ3v) is 7.58. The number of carbonyl (C=O) groups is 2. The molecule has 2 aliphatic rings. The van der Waals surface area contributed by atoms with E-state index in [9.17, 15) is 18.0 Å². The molecule has 32 heavy (non-hydrogen) atoms. The SMILES string of the molecule is COc1ccc(S(=O)(=O)NC2CCN(C(=O)[C@@H]3CC(=O)N(c4ccccc4)C3)CC2)cc1. The fourth-order valence-electron chi connectivity index (χ4n) is 4.25. The van der Waals surface area contributed by atoms with Gasteiger partial charge in [0.15, 0.2) is 0 Å². The first-order valence-corrected chi connectivity index (χ1v) is 12.2. The number of hydrogen-bond acceptors (Lipinski definition) is 5. The van der Waals surface area contributed by atoms with Gasteiger partial charge in [-0.1, -0.05) is 18.2 Å². The van der Waals surface area contributed by atoms with Crippen LogP contribution in [0.5, 0.6) is 5.75 Å². The van der Waals surface area contributed by atoms with Gasteiger partial charge in [-0.15, -0.1) is 0 Å². The van der Waals surface area contributed by atoms with Crippen molar-refractivity contribution in [1.29, 1.82) is 0 Å². The Morgan fingerprint density at radius 1 is 1.03 bits per heavy atom. The van der Waals surface area contributed by atoms with Crippen molar-refractivity contribution in [3.05, 3.63) is 54.6 Å². The summed E-state index contributed by atoms with van der Waals surface area (Å²) < 4.78 is 33.1. The van der Waals surface area contributed by atoms with Crippen molar-refractivity contribution in [3.63, 3.8) is 0 Å². The second kappa shape index (κ2) is 9.30. The van der Waals surface area contributed by atoms with Crippen LogP contribution >= 0.6 is 0 Å². The molecule has 2 aromatic rings. The minimum absolute atomic E-state index is 0.0340. The van der Waals surface area contributed by atoms with E-state index in [1.165, 1.54) is 19.2 Å². The van der Waals surface area contributed by atoms with Gasteiger partial charge < -0.3 is 14.5 Å². The first kappa shape index (κ1) is 22.3. The molecule has 0 aliphatic carbocycles. The summed E-state index contributed by atoms with van der Waals surface area (Å²) in [4.78, 5) is 29.0. The number of rotatable bonds is 6. The van der Waals surface area contributed by atoms with Gasteiger partial charge in [0.1, 0.15) is 5.75 Å². The third-order valence-electron chi connectivity index (χ3n) is 6.04. The van der Waals surface area contributed by atoms with E-state index in [-0.39, 0.29) is 35.1 Å². The highest BCUT2D eigenvalue weighted by Gasteiger charge is 2.38. The minimum Gasteiger partial charge on any atom is -0.497 e. The standard InChI is InChI=1S/C23H27N3O5S/c1-31-20-7-9-21(10-8-20)32(29,30)24-18-11-13-25(14-12-18)23(28)17-15-22(27)26(16-17)19-5-3-2-4-6-19/h2-10,17-18,24H,11-16H2,1H3/t17-/m1/s1. The van der Waals surface area contributed by atoms with E-state index in [4.69, 9.17) is 4.74 Å². The molecule has 0 aromatic heterocycles. The van der Waals surface area contributed by atoms with Crippen LogP contribution in [0.25, 0.3) is 0 Å². The zero-order valence-electron chi connectivity index (χ0n) is 17.9. The molecule has 2 aromatic carbocycles. The number of sulfonamides is 1. The fraction of sp³-hybridized carbons (Fsp3) is 0.391.